The summed E-state index contributed by atoms with van der Waals surface area (Å²) in [5.41, 5.74) is 11.5. The van der Waals surface area contributed by atoms with Gasteiger partial charge in [0.15, 0.2) is 6.10 Å². The number of aliphatic hydroxyl groups excluding tert-OH is 1. The summed E-state index contributed by atoms with van der Waals surface area (Å²) in [4.78, 5) is 57.9. The molecule has 0 aliphatic heterocycles. The smallest absolute Gasteiger partial charge is 0.472 e. The van der Waals surface area contributed by atoms with Crippen LogP contribution in [0.5, 0.6) is 0 Å². The normalized spacial score (nSPS) is 15.8. The molecular formula is C49H79N2O13PS. The third kappa shape index (κ3) is 39.3. The number of allylic oxidation sites excluding steroid dienone is 15. The molecule has 0 fully saturated rings. The van der Waals surface area contributed by atoms with E-state index in [0.717, 1.165) is 50.3 Å². The number of phosphoric ester groups is 1. The quantitative estimate of drug-likeness (QED) is 0.0109. The van der Waals surface area contributed by atoms with Crippen LogP contribution < -0.4 is 11.5 Å². The maximum atomic E-state index is 13.2. The van der Waals surface area contributed by atoms with E-state index in [0.29, 0.717) is 12.8 Å². The Kier molecular flexibility index (Phi) is 40.0. The van der Waals surface area contributed by atoms with E-state index in [2.05, 4.69) is 67.0 Å². The minimum Gasteiger partial charge on any atom is -0.481 e. The van der Waals surface area contributed by atoms with Gasteiger partial charge < -0.3 is 41.2 Å². The molecular weight excluding hydrogens is 888 g/mol. The monoisotopic (exact) mass is 967 g/mol. The fraction of sp³-hybridized carbons (Fsp3) is 0.592. The Morgan fingerprint density at radius 3 is 1.73 bits per heavy atom. The van der Waals surface area contributed by atoms with Crippen LogP contribution >= 0.6 is 19.6 Å². The van der Waals surface area contributed by atoms with Gasteiger partial charge in [0, 0.05) is 23.8 Å². The Bertz CT molecular complexity index is 1610. The highest BCUT2D eigenvalue weighted by Crippen LogP contribution is 2.43. The van der Waals surface area contributed by atoms with Crippen molar-refractivity contribution in [2.45, 2.75) is 159 Å². The number of rotatable bonds is 42. The summed E-state index contributed by atoms with van der Waals surface area (Å²) in [6.45, 7) is 2.16. The topological polar surface area (TPSA) is 255 Å². The summed E-state index contributed by atoms with van der Waals surface area (Å²) < 4.78 is 32.8. The Balaban J connectivity index is 5.35. The van der Waals surface area contributed by atoms with Crippen LogP contribution in [0.3, 0.4) is 0 Å². The lowest BCUT2D eigenvalue weighted by Gasteiger charge is -2.23. The molecule has 0 radical (unpaired) electrons. The van der Waals surface area contributed by atoms with Crippen molar-refractivity contribution in [2.24, 2.45) is 11.5 Å². The number of carbonyl (C=O) groups is 4. The SMILES string of the molecule is CCCCC/C=C\C\C=C/C=C/C=C/[C@@H](SC[C@H](N)C(=O)O[C@H](COC(=O)CCC/C=C\C/C=C\C/C=C\C/C=C\CCCCC)COP(=O)(O)OC[C@H](N)C(=O)O)[C@@H](O)CCCC(=O)O. The number of carboxylic acid groups (broad SMARTS) is 2. The minimum atomic E-state index is -4.90. The molecule has 0 saturated heterocycles. The van der Waals surface area contributed by atoms with E-state index >= 15 is 0 Å². The molecule has 0 bridgehead atoms. The molecule has 17 heteroatoms. The average molecular weight is 967 g/mol. The molecule has 374 valence electrons. The highest BCUT2D eigenvalue weighted by Gasteiger charge is 2.30. The third-order valence-corrected chi connectivity index (χ3v) is 11.7. The number of unbranched alkanes of at least 4 members (excludes halogenated alkanes) is 7. The molecule has 0 saturated carbocycles. The highest BCUT2D eigenvalue weighted by atomic mass is 32.2. The van der Waals surface area contributed by atoms with Gasteiger partial charge in [-0.15, -0.1) is 11.8 Å². The largest absolute Gasteiger partial charge is 0.481 e. The second-order valence-corrected chi connectivity index (χ2v) is 18.1. The van der Waals surface area contributed by atoms with E-state index in [1.807, 2.05) is 30.4 Å². The number of aliphatic hydroxyl groups is 1. The average Bonchev–Trinajstić information content (AvgIpc) is 3.28. The number of thioether (sulfide) groups is 1. The Labute approximate surface area is 397 Å². The maximum Gasteiger partial charge on any atom is 0.472 e. The van der Waals surface area contributed by atoms with Crippen molar-refractivity contribution in [1.82, 2.24) is 0 Å². The summed E-state index contributed by atoms with van der Waals surface area (Å²) in [5.74, 6) is -4.11. The summed E-state index contributed by atoms with van der Waals surface area (Å²) >= 11 is 1.14. The second-order valence-electron chi connectivity index (χ2n) is 15.4. The van der Waals surface area contributed by atoms with Gasteiger partial charge in [0.25, 0.3) is 0 Å². The van der Waals surface area contributed by atoms with Gasteiger partial charge in [-0.2, -0.15) is 0 Å². The van der Waals surface area contributed by atoms with Gasteiger partial charge in [0.2, 0.25) is 0 Å². The summed E-state index contributed by atoms with van der Waals surface area (Å²) in [5, 5.41) is 28.4. The zero-order chi connectivity index (χ0) is 49.1. The summed E-state index contributed by atoms with van der Waals surface area (Å²) in [7, 11) is -4.90. The predicted molar refractivity (Wildman–Crippen MR) is 264 cm³/mol. The molecule has 66 heavy (non-hydrogen) atoms. The number of nitrogens with two attached hydrogens (primary N) is 2. The first-order valence-electron chi connectivity index (χ1n) is 23.2. The molecule has 0 aromatic rings. The summed E-state index contributed by atoms with van der Waals surface area (Å²) in [6.07, 6.45) is 44.0. The van der Waals surface area contributed by atoms with Crippen LogP contribution in [0.2, 0.25) is 0 Å². The van der Waals surface area contributed by atoms with Crippen molar-refractivity contribution in [2.75, 3.05) is 25.6 Å². The van der Waals surface area contributed by atoms with Gasteiger partial charge in [-0.05, 0) is 77.0 Å². The van der Waals surface area contributed by atoms with Crippen molar-refractivity contribution in [1.29, 1.82) is 0 Å². The Morgan fingerprint density at radius 2 is 1.17 bits per heavy atom. The van der Waals surface area contributed by atoms with Gasteiger partial charge >= 0.3 is 31.7 Å². The first-order chi connectivity index (χ1) is 31.7. The van der Waals surface area contributed by atoms with Crippen LogP contribution in [0.1, 0.15) is 129 Å². The van der Waals surface area contributed by atoms with Crippen LogP contribution in [0.15, 0.2) is 97.2 Å². The Morgan fingerprint density at radius 1 is 0.636 bits per heavy atom. The van der Waals surface area contributed by atoms with Gasteiger partial charge in [0.05, 0.1) is 19.3 Å². The van der Waals surface area contributed by atoms with Crippen LogP contribution in [-0.2, 0) is 42.3 Å². The van der Waals surface area contributed by atoms with Crippen molar-refractivity contribution < 1.29 is 62.5 Å². The number of esters is 2. The highest BCUT2D eigenvalue weighted by molar-refractivity contribution is 8.00. The molecule has 0 rings (SSSR count). The number of carboxylic acids is 2. The molecule has 0 aromatic carbocycles. The van der Waals surface area contributed by atoms with Gasteiger partial charge in [-0.3, -0.25) is 28.2 Å². The fourth-order valence-corrected chi connectivity index (χ4v) is 7.38. The van der Waals surface area contributed by atoms with Crippen molar-refractivity contribution in [3.05, 3.63) is 97.2 Å². The second kappa shape index (κ2) is 42.5. The molecule has 0 spiro atoms. The first kappa shape index (κ1) is 62.1. The zero-order valence-electron chi connectivity index (χ0n) is 39.2. The van der Waals surface area contributed by atoms with Crippen molar-refractivity contribution in [3.63, 3.8) is 0 Å². The standard InChI is InChI=1S/C49H79N2O13PS/c1-3-5-7-9-11-13-15-17-18-19-20-21-23-25-27-29-31-36-47(55)61-37-41(38-62-65(59,60)63-39-42(50)48(56)57)64-49(58)43(51)40-66-45(44(52)33-32-35-46(53)54)34-30-28-26-24-22-16-14-12-10-8-6-4-2/h11-14,17-18,20-22,24-28,30,34,41-45,52H,3-10,15-16,19,23,29,31-33,35-40,50-51H2,1-2H3,(H,53,54)(H,56,57)(H,59,60)/b13-11-,14-12-,18-17-,21-20-,24-22-,27-25-,28-26+,34-30+/t41-,42+,43+,44+,45-/m1/s1. The fourth-order valence-electron chi connectivity index (χ4n) is 5.48. The van der Waals surface area contributed by atoms with Gasteiger partial charge in [0.1, 0.15) is 18.7 Å². The van der Waals surface area contributed by atoms with E-state index in [4.69, 9.17) is 35.7 Å². The molecule has 0 aliphatic rings. The molecule has 6 atom stereocenters. The van der Waals surface area contributed by atoms with E-state index in [1.165, 1.54) is 38.5 Å². The third-order valence-electron chi connectivity index (χ3n) is 9.30. The predicted octanol–water partition coefficient (Wildman–Crippen LogP) is 9.37. The molecule has 0 amide bonds. The van der Waals surface area contributed by atoms with Crippen LogP contribution in [0.25, 0.3) is 0 Å². The molecule has 0 aliphatic carbocycles. The van der Waals surface area contributed by atoms with E-state index in [-0.39, 0.29) is 31.4 Å². The lowest BCUT2D eigenvalue weighted by molar-refractivity contribution is -0.161. The Hall–Kier alpha value is -3.86. The molecule has 0 heterocycles. The van der Waals surface area contributed by atoms with E-state index in [9.17, 15) is 33.7 Å². The number of phosphoric acid groups is 1. The molecule has 0 aromatic heterocycles. The number of hydrogen-bond donors (Lipinski definition) is 6. The first-order valence-corrected chi connectivity index (χ1v) is 25.7. The minimum absolute atomic E-state index is 0.0378. The lowest BCUT2D eigenvalue weighted by Crippen LogP contribution is -2.40. The van der Waals surface area contributed by atoms with Crippen LogP contribution in [0.4, 0.5) is 0 Å². The number of aliphatic carboxylic acids is 2. The van der Waals surface area contributed by atoms with Crippen LogP contribution in [0, 0.1) is 0 Å². The molecule has 15 nitrogen and oxygen atoms in total. The van der Waals surface area contributed by atoms with Crippen molar-refractivity contribution in [3.8, 4) is 0 Å². The van der Waals surface area contributed by atoms with E-state index < -0.39 is 81.1 Å². The van der Waals surface area contributed by atoms with E-state index in [1.54, 1.807) is 18.2 Å². The summed E-state index contributed by atoms with van der Waals surface area (Å²) in [6, 6.07) is -2.89. The molecule has 1 unspecified atom stereocenters. The zero-order valence-corrected chi connectivity index (χ0v) is 40.9. The van der Waals surface area contributed by atoms with Gasteiger partial charge in [-0.1, -0.05) is 137 Å². The lowest BCUT2D eigenvalue weighted by atomic mass is 10.1. The van der Waals surface area contributed by atoms with Gasteiger partial charge in [-0.25, -0.2) is 4.57 Å². The maximum absolute atomic E-state index is 13.2. The van der Waals surface area contributed by atoms with Crippen LogP contribution in [-0.4, -0.2) is 99.2 Å². The van der Waals surface area contributed by atoms with Crippen molar-refractivity contribution >= 4 is 43.5 Å². The molecule has 8 N–H and O–H groups in total. The number of carbonyl (C=O) groups excluding carboxylic acids is 2. The number of hydrogen-bond acceptors (Lipinski definition) is 13. The number of ether oxygens (including phenoxy) is 2.